The number of nitrogens with zero attached hydrogens (tertiary/aromatic N) is 4. The van der Waals surface area contributed by atoms with Gasteiger partial charge in [-0.3, -0.25) is 9.89 Å². The highest BCUT2D eigenvalue weighted by Gasteiger charge is 2.39. The third-order valence-electron chi connectivity index (χ3n) is 9.33. The van der Waals surface area contributed by atoms with Crippen LogP contribution in [-0.2, 0) is 0 Å². The van der Waals surface area contributed by atoms with Crippen LogP contribution in [0.25, 0.3) is 22.2 Å². The van der Waals surface area contributed by atoms with Crippen LogP contribution in [0.5, 0.6) is 5.75 Å². The molecular weight excluding hydrogens is 500 g/mol. The fourth-order valence-corrected chi connectivity index (χ4v) is 7.10. The van der Waals surface area contributed by atoms with Crippen molar-refractivity contribution in [2.24, 2.45) is 5.92 Å². The van der Waals surface area contributed by atoms with Gasteiger partial charge in [0.1, 0.15) is 11.9 Å². The quantitative estimate of drug-likeness (QED) is 0.315. The number of aromatic nitrogens is 4. The lowest BCUT2D eigenvalue weighted by atomic mass is 9.96. The van der Waals surface area contributed by atoms with Gasteiger partial charge in [-0.05, 0) is 100 Å². The van der Waals surface area contributed by atoms with Crippen molar-refractivity contribution in [2.75, 3.05) is 7.05 Å². The monoisotopic (exact) mass is 536 g/mol. The van der Waals surface area contributed by atoms with Crippen LogP contribution >= 0.6 is 0 Å². The molecular formula is C32H36N6O2. The molecule has 0 spiro atoms. The maximum atomic E-state index is 13.5. The third kappa shape index (κ3) is 4.85. The van der Waals surface area contributed by atoms with Gasteiger partial charge in [0.05, 0.1) is 17.3 Å². The zero-order chi connectivity index (χ0) is 27.1. The SMILES string of the molecule is CN1C2CCC1CC(Oc1ccc(-c3n[nH]c4ccc(C(=O)NC(c5ncccn5)C5CCCC5)cc34)cc1)C2. The smallest absolute Gasteiger partial charge is 0.251 e. The van der Waals surface area contributed by atoms with Crippen molar-refractivity contribution >= 4 is 16.8 Å². The van der Waals surface area contributed by atoms with Gasteiger partial charge in [-0.25, -0.2) is 9.97 Å². The minimum Gasteiger partial charge on any atom is -0.490 e. The number of hydrogen-bond acceptors (Lipinski definition) is 6. The van der Waals surface area contributed by atoms with Gasteiger partial charge >= 0.3 is 0 Å². The number of piperidine rings is 1. The zero-order valence-electron chi connectivity index (χ0n) is 22.9. The number of aromatic amines is 1. The van der Waals surface area contributed by atoms with Crippen LogP contribution < -0.4 is 10.1 Å². The van der Waals surface area contributed by atoms with Crippen LogP contribution in [0.1, 0.15) is 73.6 Å². The molecule has 2 aliphatic heterocycles. The van der Waals surface area contributed by atoms with E-state index < -0.39 is 0 Å². The Hall–Kier alpha value is -3.78. The topological polar surface area (TPSA) is 96.0 Å². The van der Waals surface area contributed by atoms with Crippen LogP contribution in [0, 0.1) is 5.92 Å². The predicted molar refractivity (Wildman–Crippen MR) is 154 cm³/mol. The maximum absolute atomic E-state index is 13.5. The average Bonchev–Trinajstić information content (AvgIpc) is 3.71. The van der Waals surface area contributed by atoms with Gasteiger partial charge in [-0.1, -0.05) is 12.8 Å². The second-order valence-electron chi connectivity index (χ2n) is 11.7. The van der Waals surface area contributed by atoms with Crippen LogP contribution in [-0.4, -0.2) is 56.2 Å². The fraction of sp³-hybridized carbons (Fsp3) is 0.438. The van der Waals surface area contributed by atoms with Gasteiger partial charge in [0.15, 0.2) is 5.82 Å². The van der Waals surface area contributed by atoms with Gasteiger partial charge in [0.2, 0.25) is 0 Å². The molecule has 2 aromatic heterocycles. The zero-order valence-corrected chi connectivity index (χ0v) is 22.9. The minimum absolute atomic E-state index is 0.116. The number of H-pyrrole nitrogens is 1. The van der Waals surface area contributed by atoms with Crippen molar-refractivity contribution in [3.8, 4) is 17.0 Å². The number of carbonyl (C=O) groups excluding carboxylic acids is 1. The predicted octanol–water partition coefficient (Wildman–Crippen LogP) is 5.69. The molecule has 1 saturated carbocycles. The molecule has 8 heteroatoms. The van der Waals surface area contributed by atoms with Crippen LogP contribution in [0.2, 0.25) is 0 Å². The standard InChI is InChI=1S/C32H36N6O2/c1-38-23-10-11-24(38)19-26(18-23)40-25-12-7-21(8-13-25)29-27-17-22(9-14-28(27)36-37-29)32(39)35-30(20-5-2-3-6-20)31-33-15-4-16-34-31/h4,7-9,12-17,20,23-24,26,30H,2-3,5-6,10-11,18-19H2,1H3,(H,35,39)(H,36,37). The maximum Gasteiger partial charge on any atom is 0.251 e. The molecule has 3 unspecified atom stereocenters. The number of ether oxygens (including phenoxy) is 1. The van der Waals surface area contributed by atoms with E-state index in [4.69, 9.17) is 4.74 Å². The summed E-state index contributed by atoms with van der Waals surface area (Å²) < 4.78 is 6.39. The number of fused-ring (bicyclic) bond motifs is 3. The summed E-state index contributed by atoms with van der Waals surface area (Å²) in [5.41, 5.74) is 3.31. The highest BCUT2D eigenvalue weighted by molar-refractivity contribution is 6.01. The number of nitrogens with one attached hydrogen (secondary N) is 2. The number of carbonyl (C=O) groups is 1. The lowest BCUT2D eigenvalue weighted by Gasteiger charge is -2.36. The normalized spacial score (nSPS) is 23.9. The molecule has 7 rings (SSSR count). The Bertz CT molecular complexity index is 1470. The van der Waals surface area contributed by atoms with E-state index in [2.05, 4.69) is 49.6 Å². The average molecular weight is 537 g/mol. The minimum atomic E-state index is -0.192. The van der Waals surface area contributed by atoms with E-state index in [1.54, 1.807) is 12.4 Å². The summed E-state index contributed by atoms with van der Waals surface area (Å²) in [5.74, 6) is 1.82. The van der Waals surface area contributed by atoms with E-state index in [0.29, 0.717) is 29.4 Å². The fourth-order valence-electron chi connectivity index (χ4n) is 7.10. The first kappa shape index (κ1) is 25.2. The van der Waals surface area contributed by atoms with Gasteiger partial charge < -0.3 is 15.0 Å². The molecule has 8 nitrogen and oxygen atoms in total. The molecule has 40 heavy (non-hydrogen) atoms. The Morgan fingerprint density at radius 1 is 1.00 bits per heavy atom. The first-order chi connectivity index (χ1) is 19.6. The lowest BCUT2D eigenvalue weighted by Crippen LogP contribution is -2.43. The van der Waals surface area contributed by atoms with Crippen molar-refractivity contribution in [2.45, 2.75) is 75.6 Å². The molecule has 2 bridgehead atoms. The van der Waals surface area contributed by atoms with Crippen LogP contribution in [0.3, 0.4) is 0 Å². The number of amides is 1. The Kier molecular flexibility index (Phi) is 6.71. The third-order valence-corrected chi connectivity index (χ3v) is 9.33. The molecule has 2 saturated heterocycles. The number of hydrogen-bond donors (Lipinski definition) is 2. The van der Waals surface area contributed by atoms with E-state index in [-0.39, 0.29) is 18.1 Å². The van der Waals surface area contributed by atoms with Crippen molar-refractivity contribution in [1.82, 2.24) is 30.4 Å². The molecule has 4 aromatic rings. The Labute approximate surface area is 234 Å². The molecule has 1 aliphatic carbocycles. The van der Waals surface area contributed by atoms with E-state index in [9.17, 15) is 4.79 Å². The highest BCUT2D eigenvalue weighted by Crippen LogP contribution is 2.37. The molecule has 3 aliphatic rings. The summed E-state index contributed by atoms with van der Waals surface area (Å²) in [6, 6.07) is 16.8. The van der Waals surface area contributed by atoms with Crippen molar-refractivity contribution in [3.63, 3.8) is 0 Å². The largest absolute Gasteiger partial charge is 0.490 e. The second kappa shape index (κ2) is 10.7. The molecule has 2 N–H and O–H groups in total. The van der Waals surface area contributed by atoms with E-state index >= 15 is 0 Å². The highest BCUT2D eigenvalue weighted by atomic mass is 16.5. The van der Waals surface area contributed by atoms with Gasteiger partial charge in [0.25, 0.3) is 5.91 Å². The Morgan fingerprint density at radius 3 is 2.45 bits per heavy atom. The molecule has 4 heterocycles. The number of rotatable bonds is 7. The second-order valence-corrected chi connectivity index (χ2v) is 11.7. The van der Waals surface area contributed by atoms with E-state index in [1.165, 1.54) is 25.7 Å². The van der Waals surface area contributed by atoms with Crippen molar-refractivity contribution < 1.29 is 9.53 Å². The summed E-state index contributed by atoms with van der Waals surface area (Å²) >= 11 is 0. The molecule has 3 atom stereocenters. The molecule has 0 radical (unpaired) electrons. The lowest BCUT2D eigenvalue weighted by molar-refractivity contribution is 0.0662. The summed E-state index contributed by atoms with van der Waals surface area (Å²) in [5, 5.41) is 11.9. The van der Waals surface area contributed by atoms with Crippen LogP contribution in [0.15, 0.2) is 60.9 Å². The first-order valence-electron chi connectivity index (χ1n) is 14.7. The summed E-state index contributed by atoms with van der Waals surface area (Å²) in [7, 11) is 2.25. The van der Waals surface area contributed by atoms with Crippen molar-refractivity contribution in [1.29, 1.82) is 0 Å². The van der Waals surface area contributed by atoms with Crippen LogP contribution in [0.4, 0.5) is 0 Å². The van der Waals surface area contributed by atoms with E-state index in [1.807, 2.05) is 36.4 Å². The molecule has 206 valence electrons. The van der Waals surface area contributed by atoms with Gasteiger partial charge in [0, 0.05) is 41.0 Å². The van der Waals surface area contributed by atoms with Gasteiger partial charge in [-0.15, -0.1) is 0 Å². The summed E-state index contributed by atoms with van der Waals surface area (Å²) in [6.07, 6.45) is 13.0. The Balaban J connectivity index is 1.09. The van der Waals surface area contributed by atoms with E-state index in [0.717, 1.165) is 53.6 Å². The first-order valence-corrected chi connectivity index (χ1v) is 14.7. The summed E-state index contributed by atoms with van der Waals surface area (Å²) in [6.45, 7) is 0. The van der Waals surface area contributed by atoms with Gasteiger partial charge in [-0.2, -0.15) is 5.10 Å². The number of benzene rings is 2. The van der Waals surface area contributed by atoms with Crippen molar-refractivity contribution in [3.05, 3.63) is 72.3 Å². The molecule has 2 aromatic carbocycles. The summed E-state index contributed by atoms with van der Waals surface area (Å²) in [4.78, 5) is 25.0. The Morgan fingerprint density at radius 2 is 1.73 bits per heavy atom. The molecule has 1 amide bonds. The molecule has 3 fully saturated rings.